The Morgan fingerprint density at radius 1 is 1.04 bits per heavy atom. The molecule has 0 radical (unpaired) electrons. The number of nitrogens with one attached hydrogen (secondary N) is 2. The Kier molecular flexibility index (Phi) is 6.66. The van der Waals surface area contributed by atoms with Gasteiger partial charge in [0, 0.05) is 15.8 Å². The van der Waals surface area contributed by atoms with Crippen LogP contribution in [0.15, 0.2) is 46.9 Å². The zero-order valence-corrected chi connectivity index (χ0v) is 15.6. The molecule has 5 nitrogen and oxygen atoms in total. The zero-order valence-electron chi connectivity index (χ0n) is 14.0. The van der Waals surface area contributed by atoms with Crippen LogP contribution < -0.4 is 10.6 Å². The molecule has 0 atom stereocenters. The average molecular weight is 408 g/mol. The third-order valence-electron chi connectivity index (χ3n) is 3.39. The standard InChI is InChI=1S/C18H19BrFN3O2/c1-12-6-7-15(9-16(12)19)22-18(25)11-23(2)10-17(24)21-14-5-3-4-13(20)8-14/h3-9H,10-11H2,1-2H3,(H,21,24)(H,22,25). The molecule has 0 saturated carbocycles. The van der Waals surface area contributed by atoms with Gasteiger partial charge >= 0.3 is 0 Å². The molecule has 0 aliphatic carbocycles. The number of benzene rings is 2. The Bertz CT molecular complexity index is 783. The summed E-state index contributed by atoms with van der Waals surface area (Å²) in [5, 5.41) is 5.37. The fourth-order valence-corrected chi connectivity index (χ4v) is 2.56. The third kappa shape index (κ3) is 6.28. The molecule has 0 heterocycles. The van der Waals surface area contributed by atoms with Crippen molar-refractivity contribution in [2.75, 3.05) is 30.8 Å². The Hall–Kier alpha value is -2.25. The van der Waals surface area contributed by atoms with Crippen LogP contribution in [0.3, 0.4) is 0 Å². The molecule has 2 N–H and O–H groups in total. The van der Waals surface area contributed by atoms with E-state index in [1.807, 2.05) is 25.1 Å². The SMILES string of the molecule is Cc1ccc(NC(=O)CN(C)CC(=O)Nc2cccc(F)c2)cc1Br. The van der Waals surface area contributed by atoms with Crippen LogP contribution in [0.2, 0.25) is 0 Å². The number of anilines is 2. The highest BCUT2D eigenvalue weighted by Crippen LogP contribution is 2.20. The van der Waals surface area contributed by atoms with Gasteiger partial charge in [0.25, 0.3) is 0 Å². The smallest absolute Gasteiger partial charge is 0.238 e. The molecule has 0 aliphatic heterocycles. The lowest BCUT2D eigenvalue weighted by Crippen LogP contribution is -2.36. The second kappa shape index (κ2) is 8.73. The molecule has 0 saturated heterocycles. The van der Waals surface area contributed by atoms with E-state index in [0.29, 0.717) is 11.4 Å². The maximum absolute atomic E-state index is 13.1. The highest BCUT2D eigenvalue weighted by Gasteiger charge is 2.12. The van der Waals surface area contributed by atoms with Crippen molar-refractivity contribution in [3.63, 3.8) is 0 Å². The fraction of sp³-hybridized carbons (Fsp3) is 0.222. The van der Waals surface area contributed by atoms with Crippen molar-refractivity contribution < 1.29 is 14.0 Å². The van der Waals surface area contributed by atoms with E-state index in [1.54, 1.807) is 18.0 Å². The number of carbonyl (C=O) groups excluding carboxylic acids is 2. The van der Waals surface area contributed by atoms with Crippen molar-refractivity contribution >= 4 is 39.1 Å². The van der Waals surface area contributed by atoms with E-state index in [-0.39, 0.29) is 24.9 Å². The third-order valence-corrected chi connectivity index (χ3v) is 4.25. The van der Waals surface area contributed by atoms with Crippen LogP contribution in [-0.4, -0.2) is 36.9 Å². The van der Waals surface area contributed by atoms with Crippen molar-refractivity contribution in [1.82, 2.24) is 4.90 Å². The van der Waals surface area contributed by atoms with Gasteiger partial charge in [-0.25, -0.2) is 4.39 Å². The molecule has 2 rings (SSSR count). The number of hydrogen-bond donors (Lipinski definition) is 2. The van der Waals surface area contributed by atoms with Crippen LogP contribution in [0, 0.1) is 12.7 Å². The summed E-state index contributed by atoms with van der Waals surface area (Å²) < 4.78 is 14.0. The van der Waals surface area contributed by atoms with Gasteiger partial charge in [-0.15, -0.1) is 0 Å². The van der Waals surface area contributed by atoms with E-state index in [1.165, 1.54) is 18.2 Å². The van der Waals surface area contributed by atoms with E-state index in [2.05, 4.69) is 26.6 Å². The summed E-state index contributed by atoms with van der Waals surface area (Å²) in [6.07, 6.45) is 0. The topological polar surface area (TPSA) is 61.4 Å². The maximum Gasteiger partial charge on any atom is 0.238 e. The summed E-state index contributed by atoms with van der Waals surface area (Å²) >= 11 is 3.41. The molecule has 2 aromatic carbocycles. The van der Waals surface area contributed by atoms with Crippen LogP contribution >= 0.6 is 15.9 Å². The van der Waals surface area contributed by atoms with Crippen molar-refractivity contribution in [3.8, 4) is 0 Å². The number of hydrogen-bond acceptors (Lipinski definition) is 3. The molecule has 2 aromatic rings. The minimum absolute atomic E-state index is 0.0154. The van der Waals surface area contributed by atoms with Crippen molar-refractivity contribution in [3.05, 3.63) is 58.3 Å². The quantitative estimate of drug-likeness (QED) is 0.770. The van der Waals surface area contributed by atoms with Crippen molar-refractivity contribution in [2.45, 2.75) is 6.92 Å². The van der Waals surface area contributed by atoms with Gasteiger partial charge in [-0.05, 0) is 49.9 Å². The first-order valence-corrected chi connectivity index (χ1v) is 8.43. The lowest BCUT2D eigenvalue weighted by Gasteiger charge is -2.16. The Balaban J connectivity index is 1.82. The van der Waals surface area contributed by atoms with Gasteiger partial charge in [0.2, 0.25) is 11.8 Å². The van der Waals surface area contributed by atoms with Crippen LogP contribution in [0.4, 0.5) is 15.8 Å². The number of amides is 2. The molecule has 7 heteroatoms. The zero-order chi connectivity index (χ0) is 18.4. The second-order valence-electron chi connectivity index (χ2n) is 5.74. The first kappa shape index (κ1) is 19.1. The van der Waals surface area contributed by atoms with Gasteiger partial charge in [0.1, 0.15) is 5.82 Å². The van der Waals surface area contributed by atoms with Gasteiger partial charge < -0.3 is 10.6 Å². The molecule has 0 aliphatic rings. The van der Waals surface area contributed by atoms with E-state index >= 15 is 0 Å². The molecular formula is C18H19BrFN3O2. The van der Waals surface area contributed by atoms with Gasteiger partial charge in [-0.2, -0.15) is 0 Å². The summed E-state index contributed by atoms with van der Waals surface area (Å²) in [6, 6.07) is 11.2. The molecule has 0 spiro atoms. The molecule has 0 unspecified atom stereocenters. The van der Waals surface area contributed by atoms with E-state index in [0.717, 1.165) is 10.0 Å². The summed E-state index contributed by atoms with van der Waals surface area (Å²) in [5.41, 5.74) is 2.14. The van der Waals surface area contributed by atoms with Gasteiger partial charge in [0.15, 0.2) is 0 Å². The highest BCUT2D eigenvalue weighted by molar-refractivity contribution is 9.10. The fourth-order valence-electron chi connectivity index (χ4n) is 2.18. The van der Waals surface area contributed by atoms with Gasteiger partial charge in [0.05, 0.1) is 13.1 Å². The second-order valence-corrected chi connectivity index (χ2v) is 6.60. The molecular weight excluding hydrogens is 389 g/mol. The number of rotatable bonds is 6. The van der Waals surface area contributed by atoms with Crippen molar-refractivity contribution in [2.24, 2.45) is 0 Å². The first-order chi connectivity index (χ1) is 11.8. The summed E-state index contributed by atoms with van der Waals surface area (Å²) in [4.78, 5) is 25.6. The molecule has 25 heavy (non-hydrogen) atoms. The predicted octanol–water partition coefficient (Wildman–Crippen LogP) is 3.41. The largest absolute Gasteiger partial charge is 0.325 e. The number of carbonyl (C=O) groups is 2. The van der Waals surface area contributed by atoms with Crippen LogP contribution in [0.25, 0.3) is 0 Å². The molecule has 0 bridgehead atoms. The molecule has 2 amide bonds. The molecule has 0 fully saturated rings. The van der Waals surface area contributed by atoms with E-state index < -0.39 is 5.82 Å². The monoisotopic (exact) mass is 407 g/mol. The highest BCUT2D eigenvalue weighted by atomic mass is 79.9. The Labute approximate surface area is 154 Å². The summed E-state index contributed by atoms with van der Waals surface area (Å²) in [6.45, 7) is 2.03. The molecule has 0 aromatic heterocycles. The summed E-state index contributed by atoms with van der Waals surface area (Å²) in [7, 11) is 1.66. The minimum Gasteiger partial charge on any atom is -0.325 e. The lowest BCUT2D eigenvalue weighted by molar-refractivity contribution is -0.119. The maximum atomic E-state index is 13.1. The number of halogens is 2. The van der Waals surface area contributed by atoms with Crippen LogP contribution in [-0.2, 0) is 9.59 Å². The Morgan fingerprint density at radius 2 is 1.64 bits per heavy atom. The minimum atomic E-state index is -0.421. The average Bonchev–Trinajstić information content (AvgIpc) is 2.50. The molecule has 132 valence electrons. The van der Waals surface area contributed by atoms with Crippen LogP contribution in [0.5, 0.6) is 0 Å². The van der Waals surface area contributed by atoms with Crippen molar-refractivity contribution in [1.29, 1.82) is 0 Å². The first-order valence-electron chi connectivity index (χ1n) is 7.63. The lowest BCUT2D eigenvalue weighted by atomic mass is 10.2. The summed E-state index contributed by atoms with van der Waals surface area (Å²) in [5.74, 6) is -0.967. The van der Waals surface area contributed by atoms with E-state index in [4.69, 9.17) is 0 Å². The normalized spacial score (nSPS) is 10.6. The van der Waals surface area contributed by atoms with E-state index in [9.17, 15) is 14.0 Å². The number of aryl methyl sites for hydroxylation is 1. The van der Waals surface area contributed by atoms with Gasteiger partial charge in [-0.3, -0.25) is 14.5 Å². The predicted molar refractivity (Wildman–Crippen MR) is 100 cm³/mol. The number of nitrogens with zero attached hydrogens (tertiary/aromatic N) is 1. The Morgan fingerprint density at radius 3 is 2.20 bits per heavy atom. The van der Waals surface area contributed by atoms with Gasteiger partial charge in [-0.1, -0.05) is 28.1 Å². The van der Waals surface area contributed by atoms with Crippen LogP contribution in [0.1, 0.15) is 5.56 Å². The number of likely N-dealkylation sites (N-methyl/N-ethyl adjacent to an activating group) is 1.